The molecule has 2 nitrogen and oxygen atoms in total. The monoisotopic (exact) mass is 293 g/mol. The highest BCUT2D eigenvalue weighted by atomic mass is 79.9. The molecule has 0 aliphatic heterocycles. The molecule has 80 valence electrons. The second-order valence-corrected chi connectivity index (χ2v) is 5.12. The molecule has 2 rings (SSSR count). The number of carbonyl (C=O) groups excluding carboxylic acids is 1. The van der Waals surface area contributed by atoms with Crippen LogP contribution >= 0.6 is 27.7 Å². The van der Waals surface area contributed by atoms with Crippen molar-refractivity contribution in [1.82, 2.24) is 4.98 Å². The molecular weight excluding hydrogens is 286 g/mol. The molecule has 0 spiro atoms. The van der Waals surface area contributed by atoms with Gasteiger partial charge in [0.1, 0.15) is 5.03 Å². The van der Waals surface area contributed by atoms with Crippen molar-refractivity contribution in [2.24, 2.45) is 0 Å². The second-order valence-electron chi connectivity index (χ2n) is 3.11. The SMILES string of the molecule is O=Cc1ccc(Sc2cccc(Br)c2)nc1. The van der Waals surface area contributed by atoms with Gasteiger partial charge in [-0.3, -0.25) is 4.79 Å². The Hall–Kier alpha value is -1.13. The molecule has 2 aromatic rings. The number of hydrogen-bond acceptors (Lipinski definition) is 3. The van der Waals surface area contributed by atoms with Gasteiger partial charge < -0.3 is 0 Å². The number of halogens is 1. The Bertz CT molecular complexity index is 499. The van der Waals surface area contributed by atoms with E-state index in [0.717, 1.165) is 20.7 Å². The Kier molecular flexibility index (Phi) is 3.74. The lowest BCUT2D eigenvalue weighted by Crippen LogP contribution is -1.84. The first-order valence-corrected chi connectivity index (χ1v) is 6.23. The first-order chi connectivity index (χ1) is 7.78. The number of carbonyl (C=O) groups is 1. The number of hydrogen-bond donors (Lipinski definition) is 0. The largest absolute Gasteiger partial charge is 0.298 e. The number of aromatic nitrogens is 1. The third-order valence-corrected chi connectivity index (χ3v) is 3.35. The van der Waals surface area contributed by atoms with E-state index in [2.05, 4.69) is 20.9 Å². The standard InChI is InChI=1S/C12H8BrNOS/c13-10-2-1-3-11(6-10)16-12-5-4-9(8-15)7-14-12/h1-8H. The average Bonchev–Trinajstić information content (AvgIpc) is 2.30. The molecule has 0 fully saturated rings. The molecule has 0 bridgehead atoms. The fraction of sp³-hybridized carbons (Fsp3) is 0. The molecule has 0 amide bonds. The van der Waals surface area contributed by atoms with E-state index in [-0.39, 0.29) is 0 Å². The number of aldehydes is 1. The molecule has 0 radical (unpaired) electrons. The van der Waals surface area contributed by atoms with Gasteiger partial charge >= 0.3 is 0 Å². The average molecular weight is 294 g/mol. The Morgan fingerprint density at radius 2 is 2.12 bits per heavy atom. The van der Waals surface area contributed by atoms with E-state index in [1.165, 1.54) is 0 Å². The summed E-state index contributed by atoms with van der Waals surface area (Å²) in [6.07, 6.45) is 2.37. The van der Waals surface area contributed by atoms with Crippen LogP contribution in [0.1, 0.15) is 10.4 Å². The summed E-state index contributed by atoms with van der Waals surface area (Å²) in [6, 6.07) is 11.6. The van der Waals surface area contributed by atoms with Crippen LogP contribution in [0, 0.1) is 0 Å². The normalized spacial score (nSPS) is 10.1. The van der Waals surface area contributed by atoms with E-state index in [4.69, 9.17) is 0 Å². The van der Waals surface area contributed by atoms with Crippen molar-refractivity contribution >= 4 is 34.0 Å². The molecule has 1 aromatic carbocycles. The zero-order chi connectivity index (χ0) is 11.4. The Balaban J connectivity index is 2.17. The van der Waals surface area contributed by atoms with Gasteiger partial charge in [-0.25, -0.2) is 4.98 Å². The smallest absolute Gasteiger partial charge is 0.151 e. The molecule has 0 aliphatic carbocycles. The van der Waals surface area contributed by atoms with Gasteiger partial charge in [0.15, 0.2) is 6.29 Å². The van der Waals surface area contributed by atoms with Gasteiger partial charge in [-0.1, -0.05) is 33.8 Å². The highest BCUT2D eigenvalue weighted by Crippen LogP contribution is 2.27. The summed E-state index contributed by atoms with van der Waals surface area (Å²) < 4.78 is 1.04. The lowest BCUT2D eigenvalue weighted by molar-refractivity contribution is 0.112. The summed E-state index contributed by atoms with van der Waals surface area (Å²) in [7, 11) is 0. The molecule has 16 heavy (non-hydrogen) atoms. The van der Waals surface area contributed by atoms with Crippen molar-refractivity contribution < 1.29 is 4.79 Å². The molecule has 0 unspecified atom stereocenters. The van der Waals surface area contributed by atoms with Crippen molar-refractivity contribution in [3.63, 3.8) is 0 Å². The van der Waals surface area contributed by atoms with Gasteiger partial charge in [-0.05, 0) is 30.3 Å². The number of pyridine rings is 1. The number of rotatable bonds is 3. The van der Waals surface area contributed by atoms with Crippen molar-refractivity contribution in [3.05, 3.63) is 52.6 Å². The predicted octanol–water partition coefficient (Wildman–Crippen LogP) is 3.81. The summed E-state index contributed by atoms with van der Waals surface area (Å²) >= 11 is 4.98. The van der Waals surface area contributed by atoms with Gasteiger partial charge in [0.25, 0.3) is 0 Å². The summed E-state index contributed by atoms with van der Waals surface area (Å²) in [5.41, 5.74) is 0.596. The van der Waals surface area contributed by atoms with Gasteiger partial charge in [-0.2, -0.15) is 0 Å². The third kappa shape index (κ3) is 2.93. The van der Waals surface area contributed by atoms with Gasteiger partial charge in [-0.15, -0.1) is 0 Å². The topological polar surface area (TPSA) is 30.0 Å². The van der Waals surface area contributed by atoms with Crippen LogP contribution in [-0.2, 0) is 0 Å². The minimum absolute atomic E-state index is 0.596. The van der Waals surface area contributed by atoms with E-state index in [1.54, 1.807) is 24.0 Å². The van der Waals surface area contributed by atoms with Crippen molar-refractivity contribution in [1.29, 1.82) is 0 Å². The molecular formula is C12H8BrNOS. The maximum absolute atomic E-state index is 10.5. The highest BCUT2D eigenvalue weighted by molar-refractivity contribution is 9.10. The fourth-order valence-electron chi connectivity index (χ4n) is 1.17. The van der Waals surface area contributed by atoms with Crippen molar-refractivity contribution in [3.8, 4) is 0 Å². The summed E-state index contributed by atoms with van der Waals surface area (Å²) in [4.78, 5) is 15.8. The lowest BCUT2D eigenvalue weighted by atomic mass is 10.3. The Morgan fingerprint density at radius 1 is 1.25 bits per heavy atom. The molecule has 0 aliphatic rings. The highest BCUT2D eigenvalue weighted by Gasteiger charge is 1.99. The van der Waals surface area contributed by atoms with Gasteiger partial charge in [0.2, 0.25) is 0 Å². The maximum Gasteiger partial charge on any atom is 0.151 e. The van der Waals surface area contributed by atoms with Gasteiger partial charge in [0, 0.05) is 21.1 Å². The minimum atomic E-state index is 0.596. The Morgan fingerprint density at radius 3 is 2.75 bits per heavy atom. The first kappa shape index (κ1) is 11.4. The van der Waals surface area contributed by atoms with Crippen LogP contribution in [0.4, 0.5) is 0 Å². The number of benzene rings is 1. The van der Waals surface area contributed by atoms with Crippen molar-refractivity contribution in [2.75, 3.05) is 0 Å². The predicted molar refractivity (Wildman–Crippen MR) is 67.9 cm³/mol. The van der Waals surface area contributed by atoms with Gasteiger partial charge in [0.05, 0.1) is 0 Å². The van der Waals surface area contributed by atoms with E-state index >= 15 is 0 Å². The molecule has 0 atom stereocenters. The minimum Gasteiger partial charge on any atom is -0.298 e. The fourth-order valence-corrected chi connectivity index (χ4v) is 2.54. The van der Waals surface area contributed by atoms with Crippen molar-refractivity contribution in [2.45, 2.75) is 9.92 Å². The van der Waals surface area contributed by atoms with Crippen LogP contribution < -0.4 is 0 Å². The van der Waals surface area contributed by atoms with E-state index in [9.17, 15) is 4.79 Å². The summed E-state index contributed by atoms with van der Waals surface area (Å²) in [5.74, 6) is 0. The molecule has 1 heterocycles. The quantitative estimate of drug-likeness (QED) is 0.806. The first-order valence-electron chi connectivity index (χ1n) is 4.62. The van der Waals surface area contributed by atoms with E-state index in [0.29, 0.717) is 5.56 Å². The third-order valence-electron chi connectivity index (χ3n) is 1.91. The molecule has 4 heteroatoms. The second kappa shape index (κ2) is 5.27. The zero-order valence-corrected chi connectivity index (χ0v) is 10.7. The molecule has 0 N–H and O–H groups in total. The van der Waals surface area contributed by atoms with Crippen LogP contribution in [0.15, 0.2) is 57.0 Å². The summed E-state index contributed by atoms with van der Waals surface area (Å²) in [5, 5.41) is 0.878. The zero-order valence-electron chi connectivity index (χ0n) is 8.26. The molecule has 1 aromatic heterocycles. The Labute approximate surface area is 106 Å². The van der Waals surface area contributed by atoms with E-state index in [1.807, 2.05) is 30.3 Å². The lowest BCUT2D eigenvalue weighted by Gasteiger charge is -2.01. The summed E-state index contributed by atoms with van der Waals surface area (Å²) in [6.45, 7) is 0. The van der Waals surface area contributed by atoms with Crippen LogP contribution in [0.2, 0.25) is 0 Å². The molecule has 0 saturated heterocycles. The van der Waals surface area contributed by atoms with Crippen LogP contribution in [0.5, 0.6) is 0 Å². The van der Waals surface area contributed by atoms with Crippen LogP contribution in [0.3, 0.4) is 0 Å². The number of nitrogens with zero attached hydrogens (tertiary/aromatic N) is 1. The molecule has 0 saturated carbocycles. The van der Waals surface area contributed by atoms with Crippen LogP contribution in [-0.4, -0.2) is 11.3 Å². The van der Waals surface area contributed by atoms with Crippen LogP contribution in [0.25, 0.3) is 0 Å². The maximum atomic E-state index is 10.5. The van der Waals surface area contributed by atoms with E-state index < -0.39 is 0 Å².